The Balaban J connectivity index is 2.02. The number of allylic oxidation sites excluding steroid dienone is 2. The van der Waals surface area contributed by atoms with Crippen molar-refractivity contribution >= 4 is 0 Å². The molecule has 72 valence electrons. The Morgan fingerprint density at radius 1 is 1.36 bits per heavy atom. The number of hydrogen-bond acceptors (Lipinski definition) is 0. The van der Waals surface area contributed by atoms with Crippen LogP contribution in [-0.4, -0.2) is 0 Å². The molecule has 0 radical (unpaired) electrons. The van der Waals surface area contributed by atoms with E-state index in [9.17, 15) is 0 Å². The van der Waals surface area contributed by atoms with Crippen LogP contribution in [0.4, 0.5) is 0 Å². The van der Waals surface area contributed by atoms with E-state index in [4.69, 9.17) is 0 Å². The van der Waals surface area contributed by atoms with Gasteiger partial charge in [-0.05, 0) is 36.8 Å². The minimum absolute atomic E-state index is 0.811. The third kappa shape index (κ3) is 0.943. The number of benzene rings is 1. The van der Waals surface area contributed by atoms with Crippen LogP contribution >= 0.6 is 0 Å². The summed E-state index contributed by atoms with van der Waals surface area (Å²) in [7, 11) is 0. The zero-order valence-electron chi connectivity index (χ0n) is 8.88. The van der Waals surface area contributed by atoms with Crippen LogP contribution in [0.1, 0.15) is 37.3 Å². The highest BCUT2D eigenvalue weighted by molar-refractivity contribution is 5.56. The van der Waals surface area contributed by atoms with Crippen molar-refractivity contribution < 1.29 is 0 Å². The Morgan fingerprint density at radius 2 is 2.14 bits per heavy atom. The van der Waals surface area contributed by atoms with Gasteiger partial charge in [0.15, 0.2) is 0 Å². The van der Waals surface area contributed by atoms with Gasteiger partial charge in [-0.25, -0.2) is 0 Å². The summed E-state index contributed by atoms with van der Waals surface area (Å²) in [6.45, 7) is 4.57. The van der Waals surface area contributed by atoms with Crippen LogP contribution in [0, 0.1) is 5.92 Å². The standard InChI is InChI=1S/C14H16/c1-3-9(2)13-12-8-10-6-4-5-7-11(10)14(12)13/h4-7,12,14H,3,8H2,1-2H3/b13-9+/t12-,14-/m1/s1. The minimum Gasteiger partial charge on any atom is -0.0734 e. The molecule has 0 N–H and O–H groups in total. The molecule has 0 heteroatoms. The lowest BCUT2D eigenvalue weighted by Gasteiger charge is -2.03. The van der Waals surface area contributed by atoms with Crippen LogP contribution in [0.2, 0.25) is 0 Å². The fraction of sp³-hybridized carbons (Fsp3) is 0.429. The molecule has 14 heavy (non-hydrogen) atoms. The van der Waals surface area contributed by atoms with E-state index in [0.717, 1.165) is 11.8 Å². The zero-order chi connectivity index (χ0) is 9.71. The molecular weight excluding hydrogens is 168 g/mol. The van der Waals surface area contributed by atoms with Gasteiger partial charge in [0, 0.05) is 5.92 Å². The molecule has 0 unspecified atom stereocenters. The largest absolute Gasteiger partial charge is 0.0734 e. The van der Waals surface area contributed by atoms with Gasteiger partial charge in [-0.2, -0.15) is 0 Å². The summed E-state index contributed by atoms with van der Waals surface area (Å²) < 4.78 is 0. The van der Waals surface area contributed by atoms with E-state index in [1.165, 1.54) is 12.8 Å². The SMILES string of the molecule is CC/C(C)=C1\[C@H]2Cc3ccccc3[C@@H]12. The van der Waals surface area contributed by atoms with Gasteiger partial charge in [-0.1, -0.05) is 42.3 Å². The van der Waals surface area contributed by atoms with E-state index in [0.29, 0.717) is 0 Å². The van der Waals surface area contributed by atoms with Crippen molar-refractivity contribution in [3.8, 4) is 0 Å². The van der Waals surface area contributed by atoms with Crippen LogP contribution in [0.25, 0.3) is 0 Å². The smallest absolute Gasteiger partial charge is 0.0126 e. The molecule has 0 saturated heterocycles. The van der Waals surface area contributed by atoms with Crippen molar-refractivity contribution in [1.82, 2.24) is 0 Å². The third-order valence-electron chi connectivity index (χ3n) is 3.88. The second kappa shape index (κ2) is 2.73. The summed E-state index contributed by atoms with van der Waals surface area (Å²) in [5.41, 5.74) is 6.59. The molecular formula is C14H16. The van der Waals surface area contributed by atoms with Gasteiger partial charge >= 0.3 is 0 Å². The van der Waals surface area contributed by atoms with Crippen LogP contribution < -0.4 is 0 Å². The first-order valence-corrected chi connectivity index (χ1v) is 5.60. The predicted molar refractivity (Wildman–Crippen MR) is 59.4 cm³/mol. The van der Waals surface area contributed by atoms with Crippen molar-refractivity contribution in [1.29, 1.82) is 0 Å². The highest BCUT2D eigenvalue weighted by Gasteiger charge is 2.50. The molecule has 0 heterocycles. The lowest BCUT2D eigenvalue weighted by Crippen LogP contribution is -1.87. The fourth-order valence-electron chi connectivity index (χ4n) is 2.98. The maximum Gasteiger partial charge on any atom is 0.0126 e. The second-order valence-electron chi connectivity index (χ2n) is 4.58. The van der Waals surface area contributed by atoms with E-state index in [1.54, 1.807) is 22.3 Å². The molecule has 0 bridgehead atoms. The Labute approximate surface area is 85.6 Å². The quantitative estimate of drug-likeness (QED) is 0.584. The summed E-state index contributed by atoms with van der Waals surface area (Å²) >= 11 is 0. The van der Waals surface area contributed by atoms with E-state index in [-0.39, 0.29) is 0 Å². The third-order valence-corrected chi connectivity index (χ3v) is 3.88. The molecule has 0 nitrogen and oxygen atoms in total. The van der Waals surface area contributed by atoms with Gasteiger partial charge in [0.25, 0.3) is 0 Å². The van der Waals surface area contributed by atoms with E-state index in [2.05, 4.69) is 38.1 Å². The van der Waals surface area contributed by atoms with Crippen LogP contribution in [0.3, 0.4) is 0 Å². The van der Waals surface area contributed by atoms with E-state index in [1.807, 2.05) is 0 Å². The second-order valence-corrected chi connectivity index (χ2v) is 4.58. The van der Waals surface area contributed by atoms with Gasteiger partial charge < -0.3 is 0 Å². The monoisotopic (exact) mass is 184 g/mol. The van der Waals surface area contributed by atoms with Crippen molar-refractivity contribution in [3.05, 3.63) is 46.5 Å². The molecule has 2 aliphatic rings. The van der Waals surface area contributed by atoms with Crippen LogP contribution in [0.5, 0.6) is 0 Å². The lowest BCUT2D eigenvalue weighted by atomic mass is 10.0. The number of fused-ring (bicyclic) bond motifs is 3. The van der Waals surface area contributed by atoms with Gasteiger partial charge in [0.1, 0.15) is 0 Å². The highest BCUT2D eigenvalue weighted by Crippen LogP contribution is 2.62. The Hall–Kier alpha value is -1.04. The molecule has 1 aromatic rings. The summed E-state index contributed by atoms with van der Waals surface area (Å²) in [6.07, 6.45) is 2.53. The van der Waals surface area contributed by atoms with E-state index < -0.39 is 0 Å². The molecule has 1 aromatic carbocycles. The Kier molecular flexibility index (Phi) is 1.61. The zero-order valence-corrected chi connectivity index (χ0v) is 8.88. The summed E-state index contributed by atoms with van der Waals surface area (Å²) in [5, 5.41) is 0. The first kappa shape index (κ1) is 8.28. The first-order chi connectivity index (χ1) is 6.83. The molecule has 0 aliphatic heterocycles. The van der Waals surface area contributed by atoms with Crippen molar-refractivity contribution in [2.75, 3.05) is 0 Å². The topological polar surface area (TPSA) is 0 Å². The number of rotatable bonds is 1. The predicted octanol–water partition coefficient (Wildman–Crippen LogP) is 3.68. The molecule has 0 spiro atoms. The average molecular weight is 184 g/mol. The average Bonchev–Trinajstić information content (AvgIpc) is 2.81. The summed E-state index contributed by atoms with van der Waals surface area (Å²) in [4.78, 5) is 0. The molecule has 2 atom stereocenters. The van der Waals surface area contributed by atoms with Crippen LogP contribution in [-0.2, 0) is 6.42 Å². The maximum atomic E-state index is 2.32. The van der Waals surface area contributed by atoms with E-state index >= 15 is 0 Å². The van der Waals surface area contributed by atoms with Gasteiger partial charge in [0.05, 0.1) is 0 Å². The molecule has 1 fully saturated rings. The highest BCUT2D eigenvalue weighted by atomic mass is 14.5. The minimum atomic E-state index is 0.811. The van der Waals surface area contributed by atoms with Crippen molar-refractivity contribution in [2.45, 2.75) is 32.6 Å². The lowest BCUT2D eigenvalue weighted by molar-refractivity contribution is 0.877. The van der Waals surface area contributed by atoms with Crippen molar-refractivity contribution in [2.24, 2.45) is 5.92 Å². The van der Waals surface area contributed by atoms with Crippen LogP contribution in [0.15, 0.2) is 35.4 Å². The Bertz CT molecular complexity index is 412. The van der Waals surface area contributed by atoms with Gasteiger partial charge in [0.2, 0.25) is 0 Å². The normalized spacial score (nSPS) is 31.0. The molecule has 2 aliphatic carbocycles. The van der Waals surface area contributed by atoms with Crippen molar-refractivity contribution in [3.63, 3.8) is 0 Å². The molecule has 1 saturated carbocycles. The Morgan fingerprint density at radius 3 is 2.93 bits per heavy atom. The van der Waals surface area contributed by atoms with Gasteiger partial charge in [-0.15, -0.1) is 0 Å². The first-order valence-electron chi connectivity index (χ1n) is 5.60. The molecule has 0 aromatic heterocycles. The summed E-state index contributed by atoms with van der Waals surface area (Å²) in [6, 6.07) is 8.95. The molecule has 0 amide bonds. The maximum absolute atomic E-state index is 2.32. The number of hydrogen-bond donors (Lipinski definition) is 0. The summed E-state index contributed by atoms with van der Waals surface area (Å²) in [5.74, 6) is 1.69. The van der Waals surface area contributed by atoms with Gasteiger partial charge in [-0.3, -0.25) is 0 Å². The fourth-order valence-corrected chi connectivity index (χ4v) is 2.98. The molecule has 3 rings (SSSR count).